The lowest BCUT2D eigenvalue weighted by molar-refractivity contribution is -0.386. The first-order chi connectivity index (χ1) is 18.7. The van der Waals surface area contributed by atoms with E-state index >= 15 is 0 Å². The van der Waals surface area contributed by atoms with Crippen LogP contribution in [0, 0.1) is 10.1 Å². The van der Waals surface area contributed by atoms with Crippen molar-refractivity contribution in [3.63, 3.8) is 0 Å². The molecule has 1 atom stereocenters. The molecule has 3 aromatic carbocycles. The van der Waals surface area contributed by atoms with Gasteiger partial charge in [-0.1, -0.05) is 53.5 Å². The largest absolute Gasteiger partial charge is 0.490 e. The average Bonchev–Trinajstić information content (AvgIpc) is 2.92. The van der Waals surface area contributed by atoms with E-state index in [1.54, 1.807) is 49.4 Å². The predicted molar refractivity (Wildman–Crippen MR) is 155 cm³/mol. The maximum Gasteiger partial charge on any atom is 0.315 e. The zero-order chi connectivity index (χ0) is 28.1. The van der Waals surface area contributed by atoms with Crippen LogP contribution in [-0.4, -0.2) is 27.4 Å². The third-order valence-corrected chi connectivity index (χ3v) is 6.80. The second-order valence-electron chi connectivity index (χ2n) is 8.77. The van der Waals surface area contributed by atoms with Gasteiger partial charge in [-0.15, -0.1) is 0 Å². The van der Waals surface area contributed by atoms with Crippen LogP contribution in [0.25, 0.3) is 10.9 Å². The molecule has 39 heavy (non-hydrogen) atoms. The van der Waals surface area contributed by atoms with E-state index in [9.17, 15) is 14.9 Å². The fraction of sp³-hybridized carbons (Fsp3) is 0.250. The molecule has 0 saturated carbocycles. The van der Waals surface area contributed by atoms with E-state index in [-0.39, 0.29) is 41.9 Å². The SMILES string of the molecule is CCOc1cc(C=Nn2c([C@H](C)CC)nc3ccc(Br)cc3c2=O)cc([N+](=O)[O-])c1OCc1ccc(Cl)cc1. The van der Waals surface area contributed by atoms with Crippen molar-refractivity contribution < 1.29 is 14.4 Å². The highest BCUT2D eigenvalue weighted by Gasteiger charge is 2.23. The molecule has 0 radical (unpaired) electrons. The summed E-state index contributed by atoms with van der Waals surface area (Å²) in [7, 11) is 0. The lowest BCUT2D eigenvalue weighted by atomic mass is 10.1. The number of rotatable bonds is 10. The third-order valence-electron chi connectivity index (χ3n) is 6.06. The van der Waals surface area contributed by atoms with Gasteiger partial charge in [-0.2, -0.15) is 9.78 Å². The summed E-state index contributed by atoms with van der Waals surface area (Å²) in [6.07, 6.45) is 2.13. The maximum absolute atomic E-state index is 13.4. The topological polar surface area (TPSA) is 109 Å². The van der Waals surface area contributed by atoms with Gasteiger partial charge in [-0.25, -0.2) is 4.98 Å². The fourth-order valence-corrected chi connectivity index (χ4v) is 4.35. The number of benzene rings is 3. The van der Waals surface area contributed by atoms with Crippen LogP contribution in [0.1, 0.15) is 50.1 Å². The van der Waals surface area contributed by atoms with Gasteiger partial charge in [-0.3, -0.25) is 14.9 Å². The molecule has 1 aromatic heterocycles. The highest BCUT2D eigenvalue weighted by molar-refractivity contribution is 9.10. The van der Waals surface area contributed by atoms with Crippen molar-refractivity contribution in [2.24, 2.45) is 5.10 Å². The standard InChI is InChI=1S/C28H26BrClN4O5/c1-4-17(3)27-32-23-11-8-20(29)14-22(23)28(35)33(27)31-15-19-12-24(34(36)37)26(25(13-19)38-5-2)39-16-18-6-9-21(30)10-7-18/h6-15,17H,4-5,16H2,1-3H3/t17-/m1/s1. The van der Waals surface area contributed by atoms with E-state index in [0.717, 1.165) is 16.5 Å². The predicted octanol–water partition coefficient (Wildman–Crippen LogP) is 7.09. The Balaban J connectivity index is 1.78. The number of aromatic nitrogens is 2. The Labute approximate surface area is 238 Å². The summed E-state index contributed by atoms with van der Waals surface area (Å²) in [6, 6.07) is 15.2. The van der Waals surface area contributed by atoms with Crippen molar-refractivity contribution in [3.8, 4) is 11.5 Å². The van der Waals surface area contributed by atoms with E-state index in [1.807, 2.05) is 19.9 Å². The average molecular weight is 614 g/mol. The Morgan fingerprint density at radius 2 is 1.90 bits per heavy atom. The van der Waals surface area contributed by atoms with Crippen LogP contribution in [0.5, 0.6) is 11.5 Å². The van der Waals surface area contributed by atoms with Crippen LogP contribution in [-0.2, 0) is 6.61 Å². The minimum Gasteiger partial charge on any atom is -0.490 e. The minimum absolute atomic E-state index is 0.00336. The molecule has 0 N–H and O–H groups in total. The van der Waals surface area contributed by atoms with E-state index in [4.69, 9.17) is 26.1 Å². The molecule has 1 heterocycles. The first kappa shape index (κ1) is 28.3. The van der Waals surface area contributed by atoms with Crippen LogP contribution in [0.2, 0.25) is 5.02 Å². The monoisotopic (exact) mass is 612 g/mol. The molecule has 0 aliphatic rings. The van der Waals surface area contributed by atoms with E-state index in [0.29, 0.717) is 27.3 Å². The van der Waals surface area contributed by atoms with Crippen molar-refractivity contribution in [1.82, 2.24) is 9.66 Å². The van der Waals surface area contributed by atoms with Crippen LogP contribution in [0.4, 0.5) is 5.69 Å². The summed E-state index contributed by atoms with van der Waals surface area (Å²) in [5.41, 5.74) is 1.10. The second kappa shape index (κ2) is 12.4. The number of hydrogen-bond acceptors (Lipinski definition) is 7. The molecule has 4 rings (SSSR count). The number of nitro groups is 1. The Morgan fingerprint density at radius 1 is 1.15 bits per heavy atom. The van der Waals surface area contributed by atoms with Gasteiger partial charge in [0.05, 0.1) is 28.6 Å². The van der Waals surface area contributed by atoms with Gasteiger partial charge in [0, 0.05) is 27.0 Å². The summed E-state index contributed by atoms with van der Waals surface area (Å²) in [5.74, 6) is 0.636. The Kier molecular flexibility index (Phi) is 8.98. The molecule has 0 aliphatic carbocycles. The number of hydrogen-bond donors (Lipinski definition) is 0. The summed E-state index contributed by atoms with van der Waals surface area (Å²) in [4.78, 5) is 29.6. The summed E-state index contributed by atoms with van der Waals surface area (Å²) < 4.78 is 13.5. The Morgan fingerprint density at radius 3 is 2.56 bits per heavy atom. The highest BCUT2D eigenvalue weighted by Crippen LogP contribution is 2.39. The van der Waals surface area contributed by atoms with Gasteiger partial charge in [0.1, 0.15) is 12.4 Å². The van der Waals surface area contributed by atoms with E-state index < -0.39 is 4.92 Å². The number of nitrogens with zero attached hydrogens (tertiary/aromatic N) is 4. The van der Waals surface area contributed by atoms with Crippen molar-refractivity contribution in [2.75, 3.05) is 6.61 Å². The smallest absolute Gasteiger partial charge is 0.315 e. The van der Waals surface area contributed by atoms with Crippen molar-refractivity contribution in [1.29, 1.82) is 0 Å². The molecular weight excluding hydrogens is 588 g/mol. The molecule has 0 amide bonds. The molecule has 9 nitrogen and oxygen atoms in total. The van der Waals surface area contributed by atoms with Gasteiger partial charge in [0.15, 0.2) is 5.75 Å². The maximum atomic E-state index is 13.4. The van der Waals surface area contributed by atoms with Crippen molar-refractivity contribution in [3.05, 3.63) is 102 Å². The van der Waals surface area contributed by atoms with Crippen molar-refractivity contribution in [2.45, 2.75) is 39.7 Å². The van der Waals surface area contributed by atoms with Crippen LogP contribution >= 0.6 is 27.5 Å². The van der Waals surface area contributed by atoms with Gasteiger partial charge < -0.3 is 9.47 Å². The number of nitro benzene ring substituents is 1. The van der Waals surface area contributed by atoms with Crippen LogP contribution < -0.4 is 15.0 Å². The molecule has 0 bridgehead atoms. The lowest BCUT2D eigenvalue weighted by Crippen LogP contribution is -2.23. The quantitative estimate of drug-likeness (QED) is 0.107. The summed E-state index contributed by atoms with van der Waals surface area (Å²) in [5, 5.41) is 17.4. The molecule has 0 spiro atoms. The zero-order valence-corrected chi connectivity index (χ0v) is 23.9. The van der Waals surface area contributed by atoms with Crippen molar-refractivity contribution >= 4 is 50.3 Å². The Hall–Kier alpha value is -3.76. The molecule has 11 heteroatoms. The van der Waals surface area contributed by atoms with Crippen LogP contribution in [0.3, 0.4) is 0 Å². The first-order valence-corrected chi connectivity index (χ1v) is 13.5. The third kappa shape index (κ3) is 6.46. The molecule has 0 unspecified atom stereocenters. The van der Waals surface area contributed by atoms with Gasteiger partial charge in [-0.05, 0) is 55.3 Å². The normalized spacial score (nSPS) is 12.1. The number of halogens is 2. The summed E-state index contributed by atoms with van der Waals surface area (Å²) >= 11 is 9.34. The number of fused-ring (bicyclic) bond motifs is 1. The van der Waals surface area contributed by atoms with E-state index in [1.165, 1.54) is 17.0 Å². The fourth-order valence-electron chi connectivity index (χ4n) is 3.87. The first-order valence-electron chi connectivity index (χ1n) is 12.3. The highest BCUT2D eigenvalue weighted by atomic mass is 79.9. The molecule has 202 valence electrons. The molecular formula is C28H26BrClN4O5. The molecule has 4 aromatic rings. The van der Waals surface area contributed by atoms with Crippen LogP contribution in [0.15, 0.2) is 69.0 Å². The van der Waals surface area contributed by atoms with E-state index in [2.05, 4.69) is 21.0 Å². The zero-order valence-electron chi connectivity index (χ0n) is 21.6. The van der Waals surface area contributed by atoms with Gasteiger partial charge >= 0.3 is 5.69 Å². The van der Waals surface area contributed by atoms with Gasteiger partial charge in [0.2, 0.25) is 5.75 Å². The lowest BCUT2D eigenvalue weighted by Gasteiger charge is -2.14. The molecule has 0 saturated heterocycles. The second-order valence-corrected chi connectivity index (χ2v) is 10.1. The minimum atomic E-state index is -0.539. The summed E-state index contributed by atoms with van der Waals surface area (Å²) in [6.45, 7) is 6.07. The number of ether oxygens (including phenoxy) is 2. The molecule has 0 aliphatic heterocycles. The Bertz CT molecular complexity index is 1600. The van der Waals surface area contributed by atoms with Gasteiger partial charge in [0.25, 0.3) is 5.56 Å². The molecule has 0 fully saturated rings.